The lowest BCUT2D eigenvalue weighted by Crippen LogP contribution is -2.47. The molecule has 0 saturated heterocycles. The Bertz CT molecular complexity index is 260. The summed E-state index contributed by atoms with van der Waals surface area (Å²) in [7, 11) is 1.63. The number of hydrogen-bond acceptors (Lipinski definition) is 4. The monoisotopic (exact) mass is 304 g/mol. The van der Waals surface area contributed by atoms with Gasteiger partial charge in [-0.25, -0.2) is 0 Å². The van der Waals surface area contributed by atoms with Gasteiger partial charge in [0.2, 0.25) is 0 Å². The summed E-state index contributed by atoms with van der Waals surface area (Å²) in [6.07, 6.45) is 1.56. The maximum Gasteiger partial charge on any atom is 0.282 e. The molecular formula is C17H36O4. The molecule has 0 saturated carbocycles. The predicted molar refractivity (Wildman–Crippen MR) is 86.3 cm³/mol. The van der Waals surface area contributed by atoms with Gasteiger partial charge in [-0.3, -0.25) is 0 Å². The van der Waals surface area contributed by atoms with E-state index in [0.29, 0.717) is 25.6 Å². The lowest BCUT2D eigenvalue weighted by Gasteiger charge is -2.40. The fourth-order valence-electron chi connectivity index (χ4n) is 1.97. The summed E-state index contributed by atoms with van der Waals surface area (Å²) < 4.78 is 23.3. The van der Waals surface area contributed by atoms with Crippen LogP contribution in [0.25, 0.3) is 0 Å². The third-order valence-electron chi connectivity index (χ3n) is 3.93. The molecule has 2 atom stereocenters. The van der Waals surface area contributed by atoms with Crippen LogP contribution < -0.4 is 0 Å². The van der Waals surface area contributed by atoms with Gasteiger partial charge in [-0.2, -0.15) is 0 Å². The van der Waals surface area contributed by atoms with Crippen LogP contribution in [0.15, 0.2) is 0 Å². The summed E-state index contributed by atoms with van der Waals surface area (Å²) in [5.74, 6) is -0.465. The summed E-state index contributed by atoms with van der Waals surface area (Å²) in [4.78, 5) is 0. The second-order valence-electron chi connectivity index (χ2n) is 6.55. The van der Waals surface area contributed by atoms with Crippen LogP contribution >= 0.6 is 0 Å². The summed E-state index contributed by atoms with van der Waals surface area (Å²) in [5.41, 5.74) is -0.00691. The van der Waals surface area contributed by atoms with Crippen LogP contribution in [0.1, 0.15) is 61.3 Å². The van der Waals surface area contributed by atoms with E-state index in [1.54, 1.807) is 7.11 Å². The smallest absolute Gasteiger partial charge is 0.282 e. The molecule has 0 heterocycles. The van der Waals surface area contributed by atoms with Gasteiger partial charge in [0.05, 0.1) is 12.7 Å². The number of methoxy groups -OCH3 is 1. The molecule has 0 aliphatic heterocycles. The van der Waals surface area contributed by atoms with Crippen molar-refractivity contribution in [3.8, 4) is 0 Å². The summed E-state index contributed by atoms with van der Waals surface area (Å²) in [5, 5.41) is 0. The second-order valence-corrected chi connectivity index (χ2v) is 6.55. The molecule has 0 fully saturated rings. The van der Waals surface area contributed by atoms with Crippen molar-refractivity contribution in [3.05, 3.63) is 0 Å². The number of ether oxygens (including phenoxy) is 4. The zero-order valence-electron chi connectivity index (χ0n) is 15.3. The Balaban J connectivity index is 4.93. The maximum absolute atomic E-state index is 6.25. The van der Waals surface area contributed by atoms with Crippen LogP contribution in [0.2, 0.25) is 0 Å². The highest BCUT2D eigenvalue weighted by Gasteiger charge is 2.39. The first-order valence-electron chi connectivity index (χ1n) is 8.21. The highest BCUT2D eigenvalue weighted by Crippen LogP contribution is 2.33. The van der Waals surface area contributed by atoms with E-state index in [1.807, 2.05) is 13.8 Å². The van der Waals surface area contributed by atoms with Crippen molar-refractivity contribution in [2.75, 3.05) is 26.9 Å². The van der Waals surface area contributed by atoms with Crippen LogP contribution in [0.5, 0.6) is 0 Å². The van der Waals surface area contributed by atoms with Gasteiger partial charge in [-0.1, -0.05) is 41.5 Å². The van der Waals surface area contributed by atoms with Gasteiger partial charge in [-0.05, 0) is 24.7 Å². The molecule has 0 radical (unpaired) electrons. The van der Waals surface area contributed by atoms with Crippen molar-refractivity contribution in [1.29, 1.82) is 0 Å². The van der Waals surface area contributed by atoms with Gasteiger partial charge < -0.3 is 18.9 Å². The standard InChI is InChI=1S/C17H36O4/c1-9-16(6,7)15(13-19-12-14(4)5)21-17(10-2,18-8)20-11-3/h14-15H,9-13H2,1-8H3. The molecule has 2 unspecified atom stereocenters. The van der Waals surface area contributed by atoms with E-state index in [2.05, 4.69) is 34.6 Å². The second kappa shape index (κ2) is 9.78. The molecule has 0 rings (SSSR count). The fourth-order valence-corrected chi connectivity index (χ4v) is 1.97. The van der Waals surface area contributed by atoms with Crippen LogP contribution in [0, 0.1) is 11.3 Å². The minimum atomic E-state index is -0.979. The van der Waals surface area contributed by atoms with E-state index >= 15 is 0 Å². The minimum Gasteiger partial charge on any atom is -0.378 e. The Morgan fingerprint density at radius 1 is 0.952 bits per heavy atom. The summed E-state index contributed by atoms with van der Waals surface area (Å²) in [6.45, 7) is 16.6. The van der Waals surface area contributed by atoms with Gasteiger partial charge in [0, 0.05) is 26.7 Å². The molecule has 0 spiro atoms. The molecular weight excluding hydrogens is 268 g/mol. The van der Waals surface area contributed by atoms with Crippen molar-refractivity contribution in [1.82, 2.24) is 0 Å². The molecule has 0 N–H and O–H groups in total. The van der Waals surface area contributed by atoms with E-state index in [1.165, 1.54) is 0 Å². The molecule has 0 aromatic heterocycles. The van der Waals surface area contributed by atoms with Crippen molar-refractivity contribution >= 4 is 0 Å². The Hall–Kier alpha value is -0.160. The number of rotatable bonds is 12. The molecule has 4 heteroatoms. The third-order valence-corrected chi connectivity index (χ3v) is 3.93. The molecule has 0 aromatic rings. The minimum absolute atomic E-state index is 0.00691. The topological polar surface area (TPSA) is 36.9 Å². The Labute approximate surface area is 131 Å². The number of hydrogen-bond donors (Lipinski definition) is 0. The van der Waals surface area contributed by atoms with Gasteiger partial charge in [-0.15, -0.1) is 0 Å². The zero-order chi connectivity index (χ0) is 16.5. The predicted octanol–water partition coefficient (Wildman–Crippen LogP) is 4.23. The summed E-state index contributed by atoms with van der Waals surface area (Å²) >= 11 is 0. The lowest BCUT2D eigenvalue weighted by atomic mass is 9.84. The molecule has 0 aliphatic rings. The highest BCUT2D eigenvalue weighted by atomic mass is 16.9. The van der Waals surface area contributed by atoms with Crippen molar-refractivity contribution in [2.24, 2.45) is 11.3 Å². The fraction of sp³-hybridized carbons (Fsp3) is 1.00. The van der Waals surface area contributed by atoms with Crippen molar-refractivity contribution < 1.29 is 18.9 Å². The third kappa shape index (κ3) is 7.09. The lowest BCUT2D eigenvalue weighted by molar-refractivity contribution is -0.396. The molecule has 0 amide bonds. The van der Waals surface area contributed by atoms with Gasteiger partial charge in [0.1, 0.15) is 0 Å². The molecule has 0 aliphatic carbocycles. The first kappa shape index (κ1) is 20.8. The average Bonchev–Trinajstić information content (AvgIpc) is 2.44. The van der Waals surface area contributed by atoms with Crippen LogP contribution in [-0.2, 0) is 18.9 Å². The van der Waals surface area contributed by atoms with Crippen LogP contribution in [-0.4, -0.2) is 39.0 Å². The normalized spacial score (nSPS) is 17.0. The summed E-state index contributed by atoms with van der Waals surface area (Å²) in [6, 6.07) is 0. The zero-order valence-corrected chi connectivity index (χ0v) is 15.3. The largest absolute Gasteiger partial charge is 0.378 e. The first-order chi connectivity index (χ1) is 9.76. The first-order valence-corrected chi connectivity index (χ1v) is 8.21. The van der Waals surface area contributed by atoms with E-state index in [9.17, 15) is 0 Å². The van der Waals surface area contributed by atoms with Crippen molar-refractivity contribution in [2.45, 2.75) is 73.4 Å². The SMILES string of the molecule is CCOC(CC)(OC)OC(COCC(C)C)C(C)(C)CC. The maximum atomic E-state index is 6.25. The quantitative estimate of drug-likeness (QED) is 0.506. The average molecular weight is 304 g/mol. The van der Waals surface area contributed by atoms with E-state index in [-0.39, 0.29) is 11.5 Å². The van der Waals surface area contributed by atoms with Crippen molar-refractivity contribution in [3.63, 3.8) is 0 Å². The molecule has 128 valence electrons. The Morgan fingerprint density at radius 2 is 1.57 bits per heavy atom. The highest BCUT2D eigenvalue weighted by molar-refractivity contribution is 4.79. The van der Waals surface area contributed by atoms with Gasteiger partial charge >= 0.3 is 0 Å². The Morgan fingerprint density at radius 3 is 1.95 bits per heavy atom. The molecule has 0 bridgehead atoms. The van der Waals surface area contributed by atoms with E-state index in [0.717, 1.165) is 13.0 Å². The van der Waals surface area contributed by atoms with E-state index in [4.69, 9.17) is 18.9 Å². The van der Waals surface area contributed by atoms with Crippen LogP contribution in [0.3, 0.4) is 0 Å². The van der Waals surface area contributed by atoms with Gasteiger partial charge in [0.25, 0.3) is 5.97 Å². The van der Waals surface area contributed by atoms with Crippen LogP contribution in [0.4, 0.5) is 0 Å². The van der Waals surface area contributed by atoms with E-state index < -0.39 is 5.97 Å². The molecule has 0 aromatic carbocycles. The molecule has 21 heavy (non-hydrogen) atoms. The van der Waals surface area contributed by atoms with Gasteiger partial charge in [0.15, 0.2) is 0 Å². The Kier molecular flexibility index (Phi) is 9.70. The molecule has 4 nitrogen and oxygen atoms in total.